The summed E-state index contributed by atoms with van der Waals surface area (Å²) < 4.78 is 17.6. The molecular weight excluding hydrogens is 181 g/mol. The van der Waals surface area contributed by atoms with E-state index in [1.807, 2.05) is 0 Å². The smallest absolute Gasteiger partial charge is 0.123 e. The first-order valence-electron chi connectivity index (χ1n) is 4.65. The van der Waals surface area contributed by atoms with Crippen LogP contribution < -0.4 is 5.32 Å². The highest BCUT2D eigenvalue weighted by molar-refractivity contribution is 5.15. The van der Waals surface area contributed by atoms with E-state index in [1.165, 1.54) is 12.1 Å². The summed E-state index contributed by atoms with van der Waals surface area (Å²) in [6.07, 6.45) is 0. The third kappa shape index (κ3) is 4.35. The van der Waals surface area contributed by atoms with Gasteiger partial charge in [-0.05, 0) is 24.6 Å². The third-order valence-electron chi connectivity index (χ3n) is 1.81. The second-order valence-corrected chi connectivity index (χ2v) is 2.92. The second-order valence-electron chi connectivity index (χ2n) is 2.92. The number of ether oxygens (including phenoxy) is 1. The van der Waals surface area contributed by atoms with Gasteiger partial charge in [0.15, 0.2) is 0 Å². The standard InChI is InChI=1S/C11H15FNO/c1-2-14-8-7-13-9-10-3-5-11(12)6-4-10/h3-6,13H,1-2,7-9H2. The molecule has 1 radical (unpaired) electrons. The van der Waals surface area contributed by atoms with E-state index < -0.39 is 0 Å². The van der Waals surface area contributed by atoms with Crippen molar-refractivity contribution >= 4 is 0 Å². The highest BCUT2D eigenvalue weighted by atomic mass is 19.1. The van der Waals surface area contributed by atoms with Crippen LogP contribution >= 0.6 is 0 Å². The Labute approximate surface area is 84.1 Å². The molecule has 1 aromatic carbocycles. The average Bonchev–Trinajstić information content (AvgIpc) is 2.21. The molecule has 2 nitrogen and oxygen atoms in total. The average molecular weight is 196 g/mol. The lowest BCUT2D eigenvalue weighted by atomic mass is 10.2. The Kier molecular flexibility index (Phi) is 5.19. The predicted octanol–water partition coefficient (Wildman–Crippen LogP) is 1.77. The minimum Gasteiger partial charge on any atom is -0.380 e. The van der Waals surface area contributed by atoms with E-state index in [1.54, 1.807) is 12.1 Å². The molecule has 1 N–H and O–H groups in total. The van der Waals surface area contributed by atoms with Crippen molar-refractivity contribution in [2.75, 3.05) is 19.8 Å². The molecule has 0 heterocycles. The topological polar surface area (TPSA) is 21.3 Å². The van der Waals surface area contributed by atoms with Gasteiger partial charge in [-0.15, -0.1) is 0 Å². The Balaban J connectivity index is 2.15. The maximum absolute atomic E-state index is 12.5. The summed E-state index contributed by atoms with van der Waals surface area (Å²) in [6, 6.07) is 6.46. The van der Waals surface area contributed by atoms with Crippen LogP contribution in [0.3, 0.4) is 0 Å². The first-order valence-corrected chi connectivity index (χ1v) is 4.65. The van der Waals surface area contributed by atoms with Gasteiger partial charge in [-0.25, -0.2) is 4.39 Å². The Bertz CT molecular complexity index is 248. The van der Waals surface area contributed by atoms with E-state index >= 15 is 0 Å². The molecule has 0 aliphatic rings. The van der Waals surface area contributed by atoms with E-state index in [2.05, 4.69) is 12.2 Å². The summed E-state index contributed by atoms with van der Waals surface area (Å²) in [7, 11) is 0. The highest BCUT2D eigenvalue weighted by Gasteiger charge is 1.93. The van der Waals surface area contributed by atoms with E-state index in [4.69, 9.17) is 4.74 Å². The van der Waals surface area contributed by atoms with Gasteiger partial charge in [0.2, 0.25) is 0 Å². The molecular formula is C11H15FNO. The number of benzene rings is 1. The molecule has 3 heteroatoms. The largest absolute Gasteiger partial charge is 0.380 e. The maximum Gasteiger partial charge on any atom is 0.123 e. The first-order chi connectivity index (χ1) is 6.83. The van der Waals surface area contributed by atoms with Crippen molar-refractivity contribution in [1.29, 1.82) is 0 Å². The van der Waals surface area contributed by atoms with Crippen LogP contribution in [-0.2, 0) is 11.3 Å². The molecule has 0 spiro atoms. The molecule has 14 heavy (non-hydrogen) atoms. The van der Waals surface area contributed by atoms with Crippen LogP contribution in [0.5, 0.6) is 0 Å². The molecule has 0 aromatic heterocycles. The van der Waals surface area contributed by atoms with Gasteiger partial charge >= 0.3 is 0 Å². The summed E-state index contributed by atoms with van der Waals surface area (Å²) in [5.74, 6) is -0.200. The highest BCUT2D eigenvalue weighted by Crippen LogP contribution is 2.01. The second kappa shape index (κ2) is 6.51. The molecule has 0 atom stereocenters. The van der Waals surface area contributed by atoms with Crippen LogP contribution in [0, 0.1) is 12.7 Å². The summed E-state index contributed by atoms with van der Waals surface area (Å²) in [5, 5.41) is 3.18. The van der Waals surface area contributed by atoms with Crippen LogP contribution in [0.2, 0.25) is 0 Å². The van der Waals surface area contributed by atoms with Gasteiger partial charge in [0.25, 0.3) is 0 Å². The van der Waals surface area contributed by atoms with Gasteiger partial charge in [-0.1, -0.05) is 12.1 Å². The van der Waals surface area contributed by atoms with Crippen molar-refractivity contribution in [3.05, 3.63) is 42.6 Å². The number of hydrogen-bond donors (Lipinski definition) is 1. The summed E-state index contributed by atoms with van der Waals surface area (Å²) in [6.45, 7) is 6.24. The van der Waals surface area contributed by atoms with Gasteiger partial charge in [0.05, 0.1) is 6.61 Å². The maximum atomic E-state index is 12.5. The van der Waals surface area contributed by atoms with Crippen LogP contribution in [0.15, 0.2) is 24.3 Å². The van der Waals surface area contributed by atoms with Gasteiger partial charge in [0, 0.05) is 19.7 Å². The molecule has 1 rings (SSSR count). The SMILES string of the molecule is [CH2]COCCNCc1ccc(F)cc1. The molecule has 0 bridgehead atoms. The quantitative estimate of drug-likeness (QED) is 0.700. The molecule has 77 valence electrons. The lowest BCUT2D eigenvalue weighted by Crippen LogP contribution is -2.19. The predicted molar refractivity (Wildman–Crippen MR) is 54.3 cm³/mol. The molecule has 0 aliphatic carbocycles. The normalized spacial score (nSPS) is 10.4. The number of halogens is 1. The molecule has 0 aliphatic heterocycles. The number of hydrogen-bond acceptors (Lipinski definition) is 2. The molecule has 0 saturated heterocycles. The Hall–Kier alpha value is -0.930. The molecule has 0 fully saturated rings. The van der Waals surface area contributed by atoms with Crippen molar-refractivity contribution in [1.82, 2.24) is 5.32 Å². The van der Waals surface area contributed by atoms with Crippen molar-refractivity contribution in [3.8, 4) is 0 Å². The summed E-state index contributed by atoms with van der Waals surface area (Å²) >= 11 is 0. The van der Waals surface area contributed by atoms with Crippen LogP contribution in [0.25, 0.3) is 0 Å². The minimum absolute atomic E-state index is 0.200. The van der Waals surface area contributed by atoms with E-state index in [0.29, 0.717) is 13.2 Å². The van der Waals surface area contributed by atoms with Gasteiger partial charge in [-0.3, -0.25) is 0 Å². The minimum atomic E-state index is -0.200. The number of nitrogens with one attached hydrogen (secondary N) is 1. The van der Waals surface area contributed by atoms with Crippen LogP contribution in [0.1, 0.15) is 5.56 Å². The van der Waals surface area contributed by atoms with Crippen molar-refractivity contribution in [2.45, 2.75) is 6.54 Å². The fraction of sp³-hybridized carbons (Fsp3) is 0.364. The fourth-order valence-corrected chi connectivity index (χ4v) is 1.08. The summed E-state index contributed by atoms with van der Waals surface area (Å²) in [4.78, 5) is 0. The monoisotopic (exact) mass is 196 g/mol. The van der Waals surface area contributed by atoms with Crippen LogP contribution in [0.4, 0.5) is 4.39 Å². The molecule has 0 amide bonds. The molecule has 1 aromatic rings. The lowest BCUT2D eigenvalue weighted by Gasteiger charge is -2.04. The van der Waals surface area contributed by atoms with Gasteiger partial charge in [0.1, 0.15) is 5.82 Å². The Morgan fingerprint density at radius 1 is 1.29 bits per heavy atom. The Morgan fingerprint density at radius 3 is 2.64 bits per heavy atom. The third-order valence-corrected chi connectivity index (χ3v) is 1.81. The molecule has 0 unspecified atom stereocenters. The fourth-order valence-electron chi connectivity index (χ4n) is 1.08. The summed E-state index contributed by atoms with van der Waals surface area (Å²) in [5.41, 5.74) is 1.07. The van der Waals surface area contributed by atoms with Crippen molar-refractivity contribution < 1.29 is 9.13 Å². The Morgan fingerprint density at radius 2 is 2.00 bits per heavy atom. The van der Waals surface area contributed by atoms with E-state index in [9.17, 15) is 4.39 Å². The van der Waals surface area contributed by atoms with Crippen molar-refractivity contribution in [3.63, 3.8) is 0 Å². The van der Waals surface area contributed by atoms with Gasteiger partial charge < -0.3 is 10.1 Å². The zero-order chi connectivity index (χ0) is 10.2. The van der Waals surface area contributed by atoms with Crippen LogP contribution in [-0.4, -0.2) is 19.8 Å². The lowest BCUT2D eigenvalue weighted by molar-refractivity contribution is 0.162. The van der Waals surface area contributed by atoms with E-state index in [-0.39, 0.29) is 5.82 Å². The zero-order valence-corrected chi connectivity index (χ0v) is 8.13. The van der Waals surface area contributed by atoms with E-state index in [0.717, 1.165) is 18.7 Å². The molecule has 0 saturated carbocycles. The van der Waals surface area contributed by atoms with Gasteiger partial charge in [-0.2, -0.15) is 0 Å². The first kappa shape index (κ1) is 11.1. The zero-order valence-electron chi connectivity index (χ0n) is 8.13. The van der Waals surface area contributed by atoms with Crippen molar-refractivity contribution in [2.24, 2.45) is 0 Å². The number of rotatable bonds is 6.